The predicted octanol–water partition coefficient (Wildman–Crippen LogP) is 0.461. The maximum atomic E-state index is 12.6. The van der Waals surface area contributed by atoms with Gasteiger partial charge in [-0.3, -0.25) is 14.4 Å². The number of ketones is 1. The monoisotopic (exact) mass is 398 g/mol. The Bertz CT molecular complexity index is 571. The van der Waals surface area contributed by atoms with Gasteiger partial charge in [-0.15, -0.1) is 6.58 Å². The maximum absolute atomic E-state index is 12.6. The van der Waals surface area contributed by atoms with E-state index >= 15 is 0 Å². The largest absolute Gasteiger partial charge is 0.394 e. The van der Waals surface area contributed by atoms with E-state index in [1.165, 1.54) is 0 Å². The Labute approximate surface area is 166 Å². The molecule has 0 aromatic heterocycles. The van der Waals surface area contributed by atoms with Gasteiger partial charge in [0.25, 0.3) is 0 Å². The summed E-state index contributed by atoms with van der Waals surface area (Å²) in [6.07, 6.45) is 3.09. The SMILES string of the molecule is C=C(C)CC(NC(=O)C(CO)NC(=O)CCCCC(C)C)C(=O)C1(CO)CO1. The van der Waals surface area contributed by atoms with Gasteiger partial charge in [0.15, 0.2) is 11.4 Å². The Morgan fingerprint density at radius 1 is 1.14 bits per heavy atom. The van der Waals surface area contributed by atoms with E-state index in [-0.39, 0.29) is 25.4 Å². The van der Waals surface area contributed by atoms with E-state index in [4.69, 9.17) is 4.74 Å². The lowest BCUT2D eigenvalue weighted by Gasteiger charge is -2.23. The molecular formula is C20H34N2O6. The number of hydrogen-bond donors (Lipinski definition) is 4. The molecule has 0 aromatic carbocycles. The number of unbranched alkanes of at least 4 members (excludes halogenated alkanes) is 1. The molecule has 28 heavy (non-hydrogen) atoms. The summed E-state index contributed by atoms with van der Waals surface area (Å²) in [5.41, 5.74) is -0.607. The molecule has 0 aromatic rings. The lowest BCUT2D eigenvalue weighted by molar-refractivity contribution is -0.134. The first-order valence-electron chi connectivity index (χ1n) is 9.79. The molecule has 8 nitrogen and oxygen atoms in total. The highest BCUT2D eigenvalue weighted by atomic mass is 16.6. The number of ether oxygens (including phenoxy) is 1. The molecule has 1 fully saturated rings. The summed E-state index contributed by atoms with van der Waals surface area (Å²) >= 11 is 0. The van der Waals surface area contributed by atoms with Gasteiger partial charge in [0.05, 0.1) is 25.9 Å². The van der Waals surface area contributed by atoms with Gasteiger partial charge in [0, 0.05) is 6.42 Å². The van der Waals surface area contributed by atoms with Crippen molar-refractivity contribution in [3.63, 3.8) is 0 Å². The molecule has 0 aliphatic carbocycles. The summed E-state index contributed by atoms with van der Waals surface area (Å²) in [5.74, 6) is -0.855. The molecule has 0 radical (unpaired) electrons. The van der Waals surface area contributed by atoms with Crippen LogP contribution in [0.2, 0.25) is 0 Å². The van der Waals surface area contributed by atoms with Gasteiger partial charge in [0.1, 0.15) is 6.04 Å². The second-order valence-corrected chi connectivity index (χ2v) is 7.97. The Kier molecular flexibility index (Phi) is 9.78. The zero-order chi connectivity index (χ0) is 21.3. The number of nitrogens with one attached hydrogen (secondary N) is 2. The molecule has 0 saturated carbocycles. The highest BCUT2D eigenvalue weighted by Crippen LogP contribution is 2.29. The van der Waals surface area contributed by atoms with Crippen LogP contribution in [-0.2, 0) is 19.1 Å². The van der Waals surface area contributed by atoms with Crippen molar-refractivity contribution < 1.29 is 29.3 Å². The van der Waals surface area contributed by atoms with Crippen LogP contribution in [0.4, 0.5) is 0 Å². The Morgan fingerprint density at radius 2 is 1.79 bits per heavy atom. The molecule has 1 rings (SSSR count). The third kappa shape index (κ3) is 7.69. The average molecular weight is 399 g/mol. The fraction of sp³-hybridized carbons (Fsp3) is 0.750. The zero-order valence-corrected chi connectivity index (χ0v) is 17.1. The van der Waals surface area contributed by atoms with E-state index in [1.54, 1.807) is 6.92 Å². The minimum Gasteiger partial charge on any atom is -0.394 e. The number of aliphatic hydroxyl groups excluding tert-OH is 2. The molecule has 1 saturated heterocycles. The number of carbonyl (C=O) groups excluding carboxylic acids is 3. The molecule has 0 bridgehead atoms. The summed E-state index contributed by atoms with van der Waals surface area (Å²) < 4.78 is 5.07. The molecule has 160 valence electrons. The van der Waals surface area contributed by atoms with Crippen LogP contribution in [-0.4, -0.2) is 65.3 Å². The second-order valence-electron chi connectivity index (χ2n) is 7.97. The maximum Gasteiger partial charge on any atom is 0.245 e. The van der Waals surface area contributed by atoms with Crippen LogP contribution in [0.1, 0.15) is 52.9 Å². The van der Waals surface area contributed by atoms with Crippen molar-refractivity contribution in [2.75, 3.05) is 19.8 Å². The van der Waals surface area contributed by atoms with Crippen LogP contribution in [0, 0.1) is 5.92 Å². The van der Waals surface area contributed by atoms with Crippen LogP contribution >= 0.6 is 0 Å². The summed E-state index contributed by atoms with van der Waals surface area (Å²) in [4.78, 5) is 37.1. The highest BCUT2D eigenvalue weighted by molar-refractivity contribution is 5.98. The predicted molar refractivity (Wildman–Crippen MR) is 104 cm³/mol. The third-order valence-corrected chi connectivity index (χ3v) is 4.65. The molecule has 3 unspecified atom stereocenters. The van der Waals surface area contributed by atoms with Gasteiger partial charge >= 0.3 is 0 Å². The van der Waals surface area contributed by atoms with E-state index in [0.29, 0.717) is 17.9 Å². The molecule has 3 atom stereocenters. The minimum atomic E-state index is -1.28. The van der Waals surface area contributed by atoms with Crippen LogP contribution in [0.15, 0.2) is 12.2 Å². The number of carbonyl (C=O) groups is 3. The Morgan fingerprint density at radius 3 is 2.25 bits per heavy atom. The molecule has 1 aliphatic heterocycles. The number of Topliss-reactive ketones (excluding diaryl/α,β-unsaturated/α-hetero) is 1. The van der Waals surface area contributed by atoms with E-state index in [2.05, 4.69) is 31.1 Å². The normalized spacial score (nSPS) is 20.4. The van der Waals surface area contributed by atoms with Crippen molar-refractivity contribution in [1.82, 2.24) is 10.6 Å². The van der Waals surface area contributed by atoms with Crippen LogP contribution < -0.4 is 10.6 Å². The molecule has 8 heteroatoms. The smallest absolute Gasteiger partial charge is 0.245 e. The molecule has 4 N–H and O–H groups in total. The van der Waals surface area contributed by atoms with Crippen molar-refractivity contribution >= 4 is 17.6 Å². The molecular weight excluding hydrogens is 364 g/mol. The van der Waals surface area contributed by atoms with Crippen molar-refractivity contribution in [1.29, 1.82) is 0 Å². The van der Waals surface area contributed by atoms with E-state index < -0.39 is 42.6 Å². The molecule has 2 amide bonds. The summed E-state index contributed by atoms with van der Waals surface area (Å²) in [7, 11) is 0. The van der Waals surface area contributed by atoms with Gasteiger partial charge in [0.2, 0.25) is 11.8 Å². The number of rotatable bonds is 14. The molecule has 1 heterocycles. The Hall–Kier alpha value is -1.77. The quantitative estimate of drug-likeness (QED) is 0.191. The van der Waals surface area contributed by atoms with Crippen molar-refractivity contribution in [2.24, 2.45) is 5.92 Å². The van der Waals surface area contributed by atoms with Crippen molar-refractivity contribution in [3.05, 3.63) is 12.2 Å². The van der Waals surface area contributed by atoms with Crippen LogP contribution in [0.5, 0.6) is 0 Å². The third-order valence-electron chi connectivity index (χ3n) is 4.65. The number of aliphatic hydroxyl groups is 2. The molecule has 0 spiro atoms. The average Bonchev–Trinajstić information content (AvgIpc) is 3.42. The summed E-state index contributed by atoms with van der Waals surface area (Å²) in [6, 6.07) is -2.10. The number of epoxide rings is 1. The lowest BCUT2D eigenvalue weighted by Crippen LogP contribution is -2.55. The lowest BCUT2D eigenvalue weighted by atomic mass is 9.94. The topological polar surface area (TPSA) is 128 Å². The summed E-state index contributed by atoms with van der Waals surface area (Å²) in [6.45, 7) is 8.75. The van der Waals surface area contributed by atoms with Crippen molar-refractivity contribution in [3.8, 4) is 0 Å². The summed E-state index contributed by atoms with van der Waals surface area (Å²) in [5, 5.41) is 23.9. The van der Waals surface area contributed by atoms with E-state index in [0.717, 1.165) is 12.8 Å². The van der Waals surface area contributed by atoms with Gasteiger partial charge in [-0.25, -0.2) is 0 Å². The first kappa shape index (κ1) is 24.3. The highest BCUT2D eigenvalue weighted by Gasteiger charge is 2.54. The fourth-order valence-corrected chi connectivity index (χ4v) is 2.84. The van der Waals surface area contributed by atoms with Gasteiger partial charge in [-0.05, 0) is 25.7 Å². The van der Waals surface area contributed by atoms with E-state index in [9.17, 15) is 24.6 Å². The Balaban J connectivity index is 2.61. The first-order valence-corrected chi connectivity index (χ1v) is 9.79. The van der Waals surface area contributed by atoms with Gasteiger partial charge < -0.3 is 25.6 Å². The first-order chi connectivity index (χ1) is 13.1. The minimum absolute atomic E-state index is 0.0986. The molecule has 1 aliphatic rings. The second kappa shape index (κ2) is 11.3. The van der Waals surface area contributed by atoms with Gasteiger partial charge in [-0.2, -0.15) is 0 Å². The fourth-order valence-electron chi connectivity index (χ4n) is 2.84. The number of amides is 2. The van der Waals surface area contributed by atoms with Crippen LogP contribution in [0.25, 0.3) is 0 Å². The van der Waals surface area contributed by atoms with Gasteiger partial charge in [-0.1, -0.05) is 32.3 Å². The zero-order valence-electron chi connectivity index (χ0n) is 17.1. The van der Waals surface area contributed by atoms with Crippen molar-refractivity contribution in [2.45, 2.75) is 70.6 Å². The van der Waals surface area contributed by atoms with E-state index in [1.807, 2.05) is 0 Å². The van der Waals surface area contributed by atoms with Crippen LogP contribution in [0.3, 0.4) is 0 Å². The number of hydrogen-bond acceptors (Lipinski definition) is 6. The standard InChI is InChI=1S/C20H34N2O6/c1-13(2)7-5-6-8-17(25)21-16(10-23)19(27)22-15(9-14(3)4)18(26)20(11-24)12-28-20/h13,15-16,23-24H,3,5-12H2,1-2,4H3,(H,21,25)(H,22,27).